The number of rotatable bonds is 7. The summed E-state index contributed by atoms with van der Waals surface area (Å²) in [4.78, 5) is 40.8. The van der Waals surface area contributed by atoms with Gasteiger partial charge in [-0.15, -0.1) is 0 Å². The monoisotopic (exact) mass is 504 g/mol. The second-order valence-corrected chi connectivity index (χ2v) is 11.9. The number of aliphatic hydroxyl groups excluding tert-OH is 1. The highest BCUT2D eigenvalue weighted by Gasteiger charge is 2.65. The van der Waals surface area contributed by atoms with Crippen LogP contribution in [-0.4, -0.2) is 63.0 Å². The van der Waals surface area contributed by atoms with Gasteiger partial charge in [-0.3, -0.25) is 9.59 Å². The van der Waals surface area contributed by atoms with Crippen LogP contribution in [0, 0.1) is 28.6 Å². The molecule has 4 rings (SSSR count). The first-order valence-electron chi connectivity index (χ1n) is 13.2. The smallest absolute Gasteiger partial charge is 0.328 e. The lowest BCUT2D eigenvalue weighted by atomic mass is 9.46. The molecule has 4 aliphatic rings. The maximum absolute atomic E-state index is 12.4. The minimum absolute atomic E-state index is 0.0452. The quantitative estimate of drug-likeness (QED) is 0.390. The number of hydrogen-bond acceptors (Lipinski definition) is 7. The van der Waals surface area contributed by atoms with Crippen LogP contribution in [0.3, 0.4) is 0 Å². The van der Waals surface area contributed by atoms with E-state index in [0.29, 0.717) is 24.2 Å². The standard InChI is InChI=1S/C27H40N2O7/c1-15(30)23(24(33)34)28-22(32)14-36-29-18-7-10-25(3)17(13-18)5-6-19-20(25)8-11-26(4)21(19)9-12-27(26,35)16(2)31/h13,15,19-21,23,30,35H,5-12,14H2,1-4H3,(H,28,32)(H,33,34)/t15-,19+,20-,21-,23+,25-,26-,27-/m0/s1. The van der Waals surface area contributed by atoms with E-state index in [9.17, 15) is 24.6 Å². The van der Waals surface area contributed by atoms with Crippen LogP contribution in [0.2, 0.25) is 0 Å². The molecule has 0 aromatic rings. The minimum Gasteiger partial charge on any atom is -0.480 e. The molecule has 0 bridgehead atoms. The van der Waals surface area contributed by atoms with Crippen LogP contribution in [0.1, 0.15) is 79.1 Å². The van der Waals surface area contributed by atoms with Crippen LogP contribution in [0.4, 0.5) is 0 Å². The summed E-state index contributed by atoms with van der Waals surface area (Å²) in [5, 5.41) is 36.3. The Balaban J connectivity index is 1.42. The van der Waals surface area contributed by atoms with Crippen molar-refractivity contribution in [3.05, 3.63) is 11.6 Å². The first-order valence-corrected chi connectivity index (χ1v) is 13.2. The van der Waals surface area contributed by atoms with E-state index >= 15 is 0 Å². The van der Waals surface area contributed by atoms with Crippen molar-refractivity contribution in [2.45, 2.75) is 96.8 Å². The molecule has 1 amide bonds. The van der Waals surface area contributed by atoms with E-state index in [1.165, 1.54) is 19.4 Å². The minimum atomic E-state index is -1.40. The van der Waals surface area contributed by atoms with Crippen molar-refractivity contribution in [1.29, 1.82) is 0 Å². The summed E-state index contributed by atoms with van der Waals surface area (Å²) >= 11 is 0. The summed E-state index contributed by atoms with van der Waals surface area (Å²) in [6.45, 7) is 6.88. The van der Waals surface area contributed by atoms with Gasteiger partial charge in [0.1, 0.15) is 5.60 Å². The van der Waals surface area contributed by atoms with Gasteiger partial charge < -0.3 is 25.5 Å². The average molecular weight is 505 g/mol. The van der Waals surface area contributed by atoms with E-state index in [2.05, 4.69) is 30.4 Å². The van der Waals surface area contributed by atoms with Gasteiger partial charge in [-0.1, -0.05) is 24.6 Å². The molecule has 9 heteroatoms. The van der Waals surface area contributed by atoms with Crippen molar-refractivity contribution in [1.82, 2.24) is 5.32 Å². The molecule has 0 aromatic carbocycles. The Morgan fingerprint density at radius 3 is 2.47 bits per heavy atom. The maximum Gasteiger partial charge on any atom is 0.328 e. The molecule has 4 aliphatic carbocycles. The van der Waals surface area contributed by atoms with Gasteiger partial charge in [0, 0.05) is 5.41 Å². The summed E-state index contributed by atoms with van der Waals surface area (Å²) < 4.78 is 0. The van der Waals surface area contributed by atoms with E-state index in [-0.39, 0.29) is 16.6 Å². The molecule has 3 fully saturated rings. The van der Waals surface area contributed by atoms with Gasteiger partial charge in [0.15, 0.2) is 18.4 Å². The number of carboxylic acids is 1. The molecule has 3 saturated carbocycles. The van der Waals surface area contributed by atoms with E-state index in [4.69, 9.17) is 9.94 Å². The number of carbonyl (C=O) groups excluding carboxylic acids is 2. The number of fused-ring (bicyclic) bond motifs is 5. The zero-order valence-electron chi connectivity index (χ0n) is 21.7. The number of ketones is 1. The van der Waals surface area contributed by atoms with Crippen molar-refractivity contribution in [3.63, 3.8) is 0 Å². The number of hydrogen-bond donors (Lipinski definition) is 4. The topological polar surface area (TPSA) is 146 Å². The number of aliphatic carboxylic acids is 1. The van der Waals surface area contributed by atoms with Crippen molar-refractivity contribution >= 4 is 23.4 Å². The predicted molar refractivity (Wildman–Crippen MR) is 132 cm³/mol. The Hall–Kier alpha value is -2.26. The van der Waals surface area contributed by atoms with Crippen LogP contribution in [0.15, 0.2) is 16.8 Å². The second kappa shape index (κ2) is 9.56. The molecule has 0 spiro atoms. The molecule has 0 aliphatic heterocycles. The van der Waals surface area contributed by atoms with Gasteiger partial charge in [-0.05, 0) is 94.5 Å². The summed E-state index contributed by atoms with van der Waals surface area (Å²) in [5.74, 6) is -0.709. The Bertz CT molecular complexity index is 991. The van der Waals surface area contributed by atoms with Crippen molar-refractivity contribution in [2.24, 2.45) is 33.7 Å². The third-order valence-electron chi connectivity index (χ3n) is 10.2. The predicted octanol–water partition coefficient (Wildman–Crippen LogP) is 2.59. The van der Waals surface area contributed by atoms with E-state index in [0.717, 1.165) is 50.7 Å². The Morgan fingerprint density at radius 1 is 1.14 bits per heavy atom. The molecule has 0 radical (unpaired) electrons. The average Bonchev–Trinajstić information content (AvgIpc) is 3.09. The van der Waals surface area contributed by atoms with E-state index in [1.54, 1.807) is 0 Å². The molecular formula is C27H40N2O7. The van der Waals surface area contributed by atoms with Crippen molar-refractivity contribution in [3.8, 4) is 0 Å². The van der Waals surface area contributed by atoms with Crippen LogP contribution in [0.5, 0.6) is 0 Å². The van der Waals surface area contributed by atoms with Crippen LogP contribution < -0.4 is 5.32 Å². The number of carbonyl (C=O) groups is 3. The third kappa shape index (κ3) is 4.28. The van der Waals surface area contributed by atoms with Gasteiger partial charge in [0.05, 0.1) is 11.8 Å². The highest BCUT2D eigenvalue weighted by Crippen LogP contribution is 2.67. The molecule has 0 aromatic heterocycles. The molecule has 200 valence electrons. The van der Waals surface area contributed by atoms with Gasteiger partial charge in [0.2, 0.25) is 0 Å². The lowest BCUT2D eigenvalue weighted by Crippen LogP contribution is -2.57. The molecule has 36 heavy (non-hydrogen) atoms. The number of allylic oxidation sites excluding steroid dienone is 2. The molecule has 0 saturated heterocycles. The molecule has 0 heterocycles. The van der Waals surface area contributed by atoms with Crippen LogP contribution in [-0.2, 0) is 19.2 Å². The highest BCUT2D eigenvalue weighted by atomic mass is 16.6. The molecule has 8 atom stereocenters. The van der Waals surface area contributed by atoms with Crippen molar-refractivity contribution in [2.75, 3.05) is 6.61 Å². The summed E-state index contributed by atoms with van der Waals surface area (Å²) in [7, 11) is 0. The number of aliphatic hydroxyl groups is 2. The SMILES string of the molecule is CC(=O)[C@@]1(O)CC[C@H]2[C@@H]3CCC4=CC(=NOCC(=O)N[C@@H](C(=O)O)[C@H](C)O)CC[C@]4(C)[C@H]3CC[C@@]21C. The Kier molecular flexibility index (Phi) is 7.11. The molecule has 0 unspecified atom stereocenters. The second-order valence-electron chi connectivity index (χ2n) is 11.9. The number of nitrogens with zero attached hydrogens (tertiary/aromatic N) is 1. The summed E-state index contributed by atoms with van der Waals surface area (Å²) in [5.41, 5.74) is 0.622. The fourth-order valence-electron chi connectivity index (χ4n) is 8.01. The molecule has 9 nitrogen and oxygen atoms in total. The first-order chi connectivity index (χ1) is 16.8. The summed E-state index contributed by atoms with van der Waals surface area (Å²) in [6, 6.07) is -1.40. The molecule has 4 N–H and O–H groups in total. The van der Waals surface area contributed by atoms with Crippen molar-refractivity contribution < 1.29 is 34.5 Å². The van der Waals surface area contributed by atoms with Gasteiger partial charge in [-0.25, -0.2) is 4.79 Å². The Morgan fingerprint density at radius 2 is 1.83 bits per heavy atom. The fourth-order valence-corrected chi connectivity index (χ4v) is 8.01. The maximum atomic E-state index is 12.4. The van der Waals surface area contributed by atoms with Gasteiger partial charge in [0.25, 0.3) is 5.91 Å². The fraction of sp³-hybridized carbons (Fsp3) is 0.778. The molecular weight excluding hydrogens is 464 g/mol. The van der Waals surface area contributed by atoms with Gasteiger partial charge in [-0.2, -0.15) is 0 Å². The third-order valence-corrected chi connectivity index (χ3v) is 10.2. The largest absolute Gasteiger partial charge is 0.480 e. The van der Waals surface area contributed by atoms with Crippen LogP contribution >= 0.6 is 0 Å². The number of oxime groups is 1. The lowest BCUT2D eigenvalue weighted by Gasteiger charge is -2.59. The lowest BCUT2D eigenvalue weighted by molar-refractivity contribution is -0.159. The zero-order chi connectivity index (χ0) is 26.5. The first kappa shape index (κ1) is 26.8. The number of amides is 1. The normalized spacial score (nSPS) is 40.2. The van der Waals surface area contributed by atoms with E-state index < -0.39 is 36.2 Å². The number of nitrogens with one attached hydrogen (secondary N) is 1. The summed E-state index contributed by atoms with van der Waals surface area (Å²) in [6.07, 6.45) is 7.83. The van der Waals surface area contributed by atoms with E-state index in [1.807, 2.05) is 0 Å². The number of carboxylic acid groups (broad SMARTS) is 1. The number of Topliss-reactive ketones (excluding diaryl/α,β-unsaturated/α-hetero) is 1. The van der Waals surface area contributed by atoms with Crippen LogP contribution in [0.25, 0.3) is 0 Å². The zero-order valence-corrected chi connectivity index (χ0v) is 21.7. The van der Waals surface area contributed by atoms with Gasteiger partial charge >= 0.3 is 5.97 Å². The highest BCUT2D eigenvalue weighted by molar-refractivity contribution is 5.96. The Labute approximate surface area is 212 Å².